The molecular formula is C17H12F3N3O5. The molecule has 0 unspecified atom stereocenters. The number of amides is 1. The van der Waals surface area contributed by atoms with Crippen LogP contribution in [0, 0.1) is 17.0 Å². The number of non-ortho nitro benzene ring substituents is 1. The van der Waals surface area contributed by atoms with Crippen molar-refractivity contribution in [3.05, 3.63) is 68.2 Å². The molecule has 0 fully saturated rings. The molecule has 28 heavy (non-hydrogen) atoms. The third kappa shape index (κ3) is 3.72. The van der Waals surface area contributed by atoms with Crippen molar-refractivity contribution in [3.8, 4) is 0 Å². The fraction of sp³-hybridized carbons (Fsp3) is 0.176. The number of carbonyl (C=O) groups excluding carboxylic acids is 1. The van der Waals surface area contributed by atoms with Gasteiger partial charge in [-0.25, -0.2) is 4.79 Å². The molecule has 2 aromatic carbocycles. The molecule has 0 aliphatic heterocycles. The third-order valence-electron chi connectivity index (χ3n) is 3.99. The molecule has 3 aromatic rings. The second-order valence-electron chi connectivity index (χ2n) is 5.94. The molecule has 1 amide bonds. The summed E-state index contributed by atoms with van der Waals surface area (Å²) in [7, 11) is 0. The van der Waals surface area contributed by atoms with E-state index in [0.29, 0.717) is 0 Å². The smallest absolute Gasteiger partial charge is 0.407 e. The van der Waals surface area contributed by atoms with Crippen LogP contribution in [0.15, 0.2) is 45.6 Å². The SMILES string of the molecule is Cc1ccc(NC(=O)Cn2c(=O)oc3cc([N+](=O)[O-])ccc32)cc1C(F)(F)F. The van der Waals surface area contributed by atoms with Crippen molar-refractivity contribution in [2.24, 2.45) is 0 Å². The molecule has 1 N–H and O–H groups in total. The first-order chi connectivity index (χ1) is 13.1. The Morgan fingerprint density at radius 1 is 1.25 bits per heavy atom. The van der Waals surface area contributed by atoms with E-state index in [-0.39, 0.29) is 28.0 Å². The zero-order valence-corrected chi connectivity index (χ0v) is 14.2. The molecular weight excluding hydrogens is 383 g/mol. The topological polar surface area (TPSA) is 107 Å². The molecule has 1 heterocycles. The molecule has 3 rings (SSSR count). The molecule has 0 atom stereocenters. The summed E-state index contributed by atoms with van der Waals surface area (Å²) in [5.74, 6) is -1.69. The second-order valence-corrected chi connectivity index (χ2v) is 5.94. The number of nitro benzene ring substituents is 1. The number of hydrogen-bond donors (Lipinski definition) is 1. The predicted octanol–water partition coefficient (Wildman–Crippen LogP) is 3.47. The van der Waals surface area contributed by atoms with Gasteiger partial charge in [0.15, 0.2) is 5.58 Å². The number of rotatable bonds is 4. The Balaban J connectivity index is 1.85. The van der Waals surface area contributed by atoms with Crippen LogP contribution in [0.4, 0.5) is 24.5 Å². The highest BCUT2D eigenvalue weighted by Gasteiger charge is 2.32. The minimum atomic E-state index is -4.57. The van der Waals surface area contributed by atoms with Gasteiger partial charge in [-0.05, 0) is 30.7 Å². The van der Waals surface area contributed by atoms with E-state index < -0.39 is 34.9 Å². The molecule has 1 aromatic heterocycles. The lowest BCUT2D eigenvalue weighted by Gasteiger charge is -2.13. The Morgan fingerprint density at radius 3 is 2.61 bits per heavy atom. The van der Waals surface area contributed by atoms with Gasteiger partial charge in [0.05, 0.1) is 22.1 Å². The Kier molecular flexibility index (Phi) is 4.67. The summed E-state index contributed by atoms with van der Waals surface area (Å²) in [6.07, 6.45) is -4.57. The average Bonchev–Trinajstić information content (AvgIpc) is 2.90. The van der Waals surface area contributed by atoms with Gasteiger partial charge in [0.2, 0.25) is 5.91 Å². The number of hydrogen-bond acceptors (Lipinski definition) is 5. The minimum Gasteiger partial charge on any atom is -0.407 e. The Bertz CT molecular complexity index is 1150. The van der Waals surface area contributed by atoms with Gasteiger partial charge in [-0.15, -0.1) is 0 Å². The van der Waals surface area contributed by atoms with Gasteiger partial charge < -0.3 is 9.73 Å². The molecule has 0 bridgehead atoms. The molecule has 11 heteroatoms. The van der Waals surface area contributed by atoms with Crippen LogP contribution in [0.25, 0.3) is 11.1 Å². The first kappa shape index (κ1) is 19.1. The van der Waals surface area contributed by atoms with Gasteiger partial charge in [0.25, 0.3) is 5.69 Å². The van der Waals surface area contributed by atoms with Crippen molar-refractivity contribution in [2.45, 2.75) is 19.6 Å². The number of aryl methyl sites for hydroxylation is 1. The summed E-state index contributed by atoms with van der Waals surface area (Å²) in [5.41, 5.74) is -1.20. The summed E-state index contributed by atoms with van der Waals surface area (Å²) in [5, 5.41) is 13.1. The van der Waals surface area contributed by atoms with Gasteiger partial charge in [-0.3, -0.25) is 19.5 Å². The number of carbonyl (C=O) groups is 1. The van der Waals surface area contributed by atoms with Crippen molar-refractivity contribution in [2.75, 3.05) is 5.32 Å². The lowest BCUT2D eigenvalue weighted by Crippen LogP contribution is -2.25. The standard InChI is InChI=1S/C17H12F3N3O5/c1-9-2-3-10(6-12(9)17(18,19)20)21-15(24)8-22-13-5-4-11(23(26)27)7-14(13)28-16(22)25/h2-7H,8H2,1H3,(H,21,24). The maximum absolute atomic E-state index is 13.0. The highest BCUT2D eigenvalue weighted by atomic mass is 19.4. The quantitative estimate of drug-likeness (QED) is 0.538. The van der Waals surface area contributed by atoms with Gasteiger partial charge >= 0.3 is 11.9 Å². The normalized spacial score (nSPS) is 11.6. The Labute approximate surface area is 154 Å². The molecule has 0 spiro atoms. The average molecular weight is 395 g/mol. The molecule has 8 nitrogen and oxygen atoms in total. The van der Waals surface area contributed by atoms with E-state index in [4.69, 9.17) is 4.42 Å². The van der Waals surface area contributed by atoms with Crippen LogP contribution in [-0.4, -0.2) is 15.4 Å². The fourth-order valence-electron chi connectivity index (χ4n) is 2.67. The number of benzene rings is 2. The summed E-state index contributed by atoms with van der Waals surface area (Å²) in [6.45, 7) is 0.754. The number of halogens is 3. The lowest BCUT2D eigenvalue weighted by atomic mass is 10.1. The van der Waals surface area contributed by atoms with E-state index in [1.54, 1.807) is 0 Å². The van der Waals surface area contributed by atoms with Crippen molar-refractivity contribution in [1.29, 1.82) is 0 Å². The van der Waals surface area contributed by atoms with Crippen LogP contribution in [0.3, 0.4) is 0 Å². The van der Waals surface area contributed by atoms with Gasteiger partial charge in [-0.2, -0.15) is 13.2 Å². The zero-order chi connectivity index (χ0) is 20.6. The van der Waals surface area contributed by atoms with E-state index in [0.717, 1.165) is 22.8 Å². The van der Waals surface area contributed by atoms with Gasteiger partial charge in [-0.1, -0.05) is 6.07 Å². The van der Waals surface area contributed by atoms with Crippen LogP contribution < -0.4 is 11.1 Å². The summed E-state index contributed by atoms with van der Waals surface area (Å²) in [4.78, 5) is 34.2. The predicted molar refractivity (Wildman–Crippen MR) is 91.9 cm³/mol. The summed E-state index contributed by atoms with van der Waals surface area (Å²) >= 11 is 0. The number of anilines is 1. The zero-order valence-electron chi connectivity index (χ0n) is 14.2. The van der Waals surface area contributed by atoms with Crippen molar-refractivity contribution >= 4 is 28.4 Å². The molecule has 146 valence electrons. The van der Waals surface area contributed by atoms with Crippen molar-refractivity contribution in [3.63, 3.8) is 0 Å². The number of nitrogens with one attached hydrogen (secondary N) is 1. The largest absolute Gasteiger partial charge is 0.420 e. The van der Waals surface area contributed by atoms with Crippen molar-refractivity contribution < 1.29 is 27.3 Å². The second kappa shape index (κ2) is 6.83. The monoisotopic (exact) mass is 395 g/mol. The number of aromatic nitrogens is 1. The first-order valence-electron chi connectivity index (χ1n) is 7.82. The van der Waals surface area contributed by atoms with E-state index in [2.05, 4.69) is 5.32 Å². The highest BCUT2D eigenvalue weighted by Crippen LogP contribution is 2.33. The highest BCUT2D eigenvalue weighted by molar-refractivity contribution is 5.91. The molecule has 0 radical (unpaired) electrons. The van der Waals surface area contributed by atoms with E-state index >= 15 is 0 Å². The van der Waals surface area contributed by atoms with E-state index in [1.165, 1.54) is 25.1 Å². The number of nitrogens with zero attached hydrogens (tertiary/aromatic N) is 2. The molecule has 0 saturated heterocycles. The Hall–Kier alpha value is -3.63. The lowest BCUT2D eigenvalue weighted by molar-refractivity contribution is -0.384. The fourth-order valence-corrected chi connectivity index (χ4v) is 2.67. The van der Waals surface area contributed by atoms with Crippen LogP contribution >= 0.6 is 0 Å². The third-order valence-corrected chi connectivity index (χ3v) is 3.99. The van der Waals surface area contributed by atoms with Crippen molar-refractivity contribution in [1.82, 2.24) is 4.57 Å². The van der Waals surface area contributed by atoms with Crippen LogP contribution in [0.2, 0.25) is 0 Å². The van der Waals surface area contributed by atoms with Crippen LogP contribution in [0.1, 0.15) is 11.1 Å². The number of oxazole rings is 1. The number of fused-ring (bicyclic) bond motifs is 1. The maximum Gasteiger partial charge on any atom is 0.420 e. The molecule has 0 aliphatic carbocycles. The number of nitro groups is 1. The van der Waals surface area contributed by atoms with E-state index in [9.17, 15) is 32.9 Å². The summed E-state index contributed by atoms with van der Waals surface area (Å²) < 4.78 is 44.7. The Morgan fingerprint density at radius 2 is 1.96 bits per heavy atom. The summed E-state index contributed by atoms with van der Waals surface area (Å²) in [6, 6.07) is 6.76. The van der Waals surface area contributed by atoms with Crippen LogP contribution in [0.5, 0.6) is 0 Å². The maximum atomic E-state index is 13.0. The van der Waals surface area contributed by atoms with Gasteiger partial charge in [0.1, 0.15) is 6.54 Å². The molecule has 0 saturated carbocycles. The minimum absolute atomic E-state index is 0.00383. The van der Waals surface area contributed by atoms with E-state index in [1.807, 2.05) is 0 Å². The van der Waals surface area contributed by atoms with Gasteiger partial charge in [0, 0.05) is 11.8 Å². The first-order valence-corrected chi connectivity index (χ1v) is 7.82. The molecule has 0 aliphatic rings. The number of alkyl halides is 3. The van der Waals surface area contributed by atoms with Crippen LogP contribution in [-0.2, 0) is 17.5 Å².